The van der Waals surface area contributed by atoms with Crippen LogP contribution in [0.5, 0.6) is 5.75 Å². The Bertz CT molecular complexity index is 1120. The number of thioether (sulfide) groups is 1. The summed E-state index contributed by atoms with van der Waals surface area (Å²) in [5.74, 6) is 0.301. The molecule has 0 radical (unpaired) electrons. The summed E-state index contributed by atoms with van der Waals surface area (Å²) in [7, 11) is 1.56. The fraction of sp³-hybridized carbons (Fsp3) is 0.200. The molecule has 0 aliphatic heterocycles. The quantitative estimate of drug-likeness (QED) is 0.374. The minimum Gasteiger partial charge on any atom is -0.497 e. The Morgan fingerprint density at radius 1 is 1.03 bits per heavy atom. The van der Waals surface area contributed by atoms with Gasteiger partial charge in [-0.15, -0.1) is 11.8 Å². The van der Waals surface area contributed by atoms with E-state index in [0.717, 1.165) is 10.5 Å². The molecule has 1 unspecified atom stereocenters. The van der Waals surface area contributed by atoms with E-state index in [4.69, 9.17) is 16.3 Å². The van der Waals surface area contributed by atoms with Crippen molar-refractivity contribution in [3.63, 3.8) is 0 Å². The fourth-order valence-corrected chi connectivity index (χ4v) is 4.25. The molecule has 7 heteroatoms. The number of benzene rings is 3. The zero-order valence-corrected chi connectivity index (χ0v) is 19.7. The first-order valence-corrected chi connectivity index (χ1v) is 11.4. The minimum atomic E-state index is -0.294. The highest BCUT2D eigenvalue weighted by atomic mass is 35.5. The number of anilines is 2. The third-order valence-corrected chi connectivity index (χ3v) is 6.66. The molecule has 32 heavy (non-hydrogen) atoms. The second-order valence-electron chi connectivity index (χ2n) is 7.13. The van der Waals surface area contributed by atoms with Gasteiger partial charge in [-0.25, -0.2) is 0 Å². The monoisotopic (exact) mass is 468 g/mol. The molecule has 3 rings (SSSR count). The third-order valence-electron chi connectivity index (χ3n) is 4.89. The molecule has 2 amide bonds. The molecule has 3 aromatic carbocycles. The highest BCUT2D eigenvalue weighted by Crippen LogP contribution is 2.30. The summed E-state index contributed by atoms with van der Waals surface area (Å²) in [4.78, 5) is 26.3. The average molecular weight is 469 g/mol. The van der Waals surface area contributed by atoms with E-state index in [2.05, 4.69) is 10.6 Å². The molecule has 0 spiro atoms. The SMILES string of the molecule is CCC(Sc1cccc(NC(=O)c2cccc(OC)c2)c1)C(=O)Nc1cccc(Cl)c1C. The number of rotatable bonds is 8. The molecule has 1 atom stereocenters. The summed E-state index contributed by atoms with van der Waals surface area (Å²) in [5, 5.41) is 6.20. The van der Waals surface area contributed by atoms with Crippen LogP contribution in [0.15, 0.2) is 71.6 Å². The van der Waals surface area contributed by atoms with Gasteiger partial charge in [0.05, 0.1) is 12.4 Å². The standard InChI is InChI=1S/C25H25ClN2O3S/c1-4-23(25(30)28-22-13-7-12-21(26)16(22)2)32-20-11-6-9-18(15-20)27-24(29)17-8-5-10-19(14-17)31-3/h5-15,23H,4H2,1-3H3,(H,27,29)(H,28,30). The molecule has 166 valence electrons. The van der Waals surface area contributed by atoms with Gasteiger partial charge in [-0.1, -0.05) is 36.7 Å². The summed E-state index contributed by atoms with van der Waals surface area (Å²) >= 11 is 7.62. The highest BCUT2D eigenvalue weighted by molar-refractivity contribution is 8.00. The summed E-state index contributed by atoms with van der Waals surface area (Å²) in [6.45, 7) is 3.84. The Hall–Kier alpha value is -2.96. The first-order chi connectivity index (χ1) is 15.4. The number of halogens is 1. The Labute approximate surface area is 197 Å². The van der Waals surface area contributed by atoms with Crippen molar-refractivity contribution >= 4 is 46.6 Å². The van der Waals surface area contributed by atoms with Gasteiger partial charge < -0.3 is 15.4 Å². The lowest BCUT2D eigenvalue weighted by Crippen LogP contribution is -2.25. The number of carbonyl (C=O) groups is 2. The van der Waals surface area contributed by atoms with E-state index in [9.17, 15) is 9.59 Å². The average Bonchev–Trinajstić information content (AvgIpc) is 2.80. The predicted molar refractivity (Wildman–Crippen MR) is 132 cm³/mol. The van der Waals surface area contributed by atoms with Crippen LogP contribution in [0.3, 0.4) is 0 Å². The van der Waals surface area contributed by atoms with Crippen molar-refractivity contribution in [1.82, 2.24) is 0 Å². The van der Waals surface area contributed by atoms with Gasteiger partial charge in [0.25, 0.3) is 5.91 Å². The molecule has 0 bridgehead atoms. The van der Waals surface area contributed by atoms with Crippen molar-refractivity contribution < 1.29 is 14.3 Å². The van der Waals surface area contributed by atoms with Crippen LogP contribution in [-0.2, 0) is 4.79 Å². The molecule has 2 N–H and O–H groups in total. The minimum absolute atomic E-state index is 0.0892. The maximum absolute atomic E-state index is 12.9. The summed E-state index contributed by atoms with van der Waals surface area (Å²) in [5.41, 5.74) is 2.71. The number of hydrogen-bond acceptors (Lipinski definition) is 4. The second kappa shape index (κ2) is 11.1. The van der Waals surface area contributed by atoms with E-state index < -0.39 is 0 Å². The molecular formula is C25H25ClN2O3S. The molecule has 0 fully saturated rings. The van der Waals surface area contributed by atoms with Crippen LogP contribution in [0.4, 0.5) is 11.4 Å². The molecule has 0 saturated heterocycles. The summed E-state index contributed by atoms with van der Waals surface area (Å²) < 4.78 is 5.18. The van der Waals surface area contributed by atoms with Crippen molar-refractivity contribution in [2.45, 2.75) is 30.4 Å². The molecule has 3 aromatic rings. The first kappa shape index (κ1) is 23.7. The van der Waals surface area contributed by atoms with Gasteiger partial charge in [-0.2, -0.15) is 0 Å². The Kier molecular flexibility index (Phi) is 8.20. The number of methoxy groups -OCH3 is 1. The first-order valence-electron chi connectivity index (χ1n) is 10.2. The molecular weight excluding hydrogens is 444 g/mol. The van der Waals surface area contributed by atoms with Crippen molar-refractivity contribution in [3.8, 4) is 5.75 Å². The van der Waals surface area contributed by atoms with Crippen LogP contribution in [0.25, 0.3) is 0 Å². The van der Waals surface area contributed by atoms with Crippen molar-refractivity contribution in [1.29, 1.82) is 0 Å². The lowest BCUT2D eigenvalue weighted by Gasteiger charge is -2.17. The van der Waals surface area contributed by atoms with Crippen LogP contribution in [0.2, 0.25) is 5.02 Å². The molecule has 0 heterocycles. The highest BCUT2D eigenvalue weighted by Gasteiger charge is 2.19. The number of amides is 2. The predicted octanol–water partition coefficient (Wildman–Crippen LogP) is 6.42. The zero-order valence-electron chi connectivity index (χ0n) is 18.1. The van der Waals surface area contributed by atoms with Crippen molar-refractivity contribution in [3.05, 3.63) is 82.9 Å². The zero-order chi connectivity index (χ0) is 23.1. The summed E-state index contributed by atoms with van der Waals surface area (Å²) in [6, 6.07) is 19.9. The fourth-order valence-electron chi connectivity index (χ4n) is 3.06. The van der Waals surface area contributed by atoms with Crippen LogP contribution in [-0.4, -0.2) is 24.2 Å². The van der Waals surface area contributed by atoms with E-state index in [0.29, 0.717) is 34.1 Å². The topological polar surface area (TPSA) is 67.4 Å². The molecule has 0 aliphatic carbocycles. The van der Waals surface area contributed by atoms with E-state index in [1.807, 2.05) is 50.2 Å². The maximum Gasteiger partial charge on any atom is 0.255 e. The Morgan fingerprint density at radius 3 is 2.53 bits per heavy atom. The molecule has 0 saturated carbocycles. The number of hydrogen-bond donors (Lipinski definition) is 2. The van der Waals surface area contributed by atoms with Gasteiger partial charge in [-0.3, -0.25) is 9.59 Å². The van der Waals surface area contributed by atoms with Gasteiger partial charge in [0.1, 0.15) is 5.75 Å². The van der Waals surface area contributed by atoms with Crippen LogP contribution < -0.4 is 15.4 Å². The van der Waals surface area contributed by atoms with E-state index in [-0.39, 0.29) is 17.1 Å². The van der Waals surface area contributed by atoms with Gasteiger partial charge in [0.15, 0.2) is 0 Å². The van der Waals surface area contributed by atoms with Gasteiger partial charge in [-0.05, 0) is 67.4 Å². The Balaban J connectivity index is 1.68. The lowest BCUT2D eigenvalue weighted by atomic mass is 10.2. The van der Waals surface area contributed by atoms with Crippen LogP contribution >= 0.6 is 23.4 Å². The normalized spacial score (nSPS) is 11.5. The van der Waals surface area contributed by atoms with Gasteiger partial charge in [0.2, 0.25) is 5.91 Å². The number of ether oxygens (including phenoxy) is 1. The van der Waals surface area contributed by atoms with E-state index in [1.54, 1.807) is 37.4 Å². The van der Waals surface area contributed by atoms with Crippen molar-refractivity contribution in [2.24, 2.45) is 0 Å². The van der Waals surface area contributed by atoms with E-state index in [1.165, 1.54) is 11.8 Å². The second-order valence-corrected chi connectivity index (χ2v) is 8.81. The van der Waals surface area contributed by atoms with E-state index >= 15 is 0 Å². The third kappa shape index (κ3) is 6.05. The Morgan fingerprint density at radius 2 is 1.78 bits per heavy atom. The summed E-state index contributed by atoms with van der Waals surface area (Å²) in [6.07, 6.45) is 0.649. The molecule has 0 aliphatic rings. The largest absolute Gasteiger partial charge is 0.497 e. The smallest absolute Gasteiger partial charge is 0.255 e. The maximum atomic E-state index is 12.9. The van der Waals surface area contributed by atoms with Crippen molar-refractivity contribution in [2.75, 3.05) is 17.7 Å². The van der Waals surface area contributed by atoms with Crippen LogP contribution in [0.1, 0.15) is 29.3 Å². The molecule has 0 aromatic heterocycles. The molecule has 5 nitrogen and oxygen atoms in total. The van der Waals surface area contributed by atoms with Gasteiger partial charge >= 0.3 is 0 Å². The number of nitrogens with one attached hydrogen (secondary N) is 2. The van der Waals surface area contributed by atoms with Crippen LogP contribution in [0, 0.1) is 6.92 Å². The number of carbonyl (C=O) groups excluding carboxylic acids is 2. The lowest BCUT2D eigenvalue weighted by molar-refractivity contribution is -0.115. The van der Waals surface area contributed by atoms with Gasteiger partial charge in [0, 0.05) is 26.9 Å².